The van der Waals surface area contributed by atoms with Gasteiger partial charge in [0.05, 0.1) is 13.4 Å². The van der Waals surface area contributed by atoms with Crippen molar-refractivity contribution in [3.05, 3.63) is 24.3 Å². The van der Waals surface area contributed by atoms with Gasteiger partial charge in [0.1, 0.15) is 11.8 Å². The molecule has 1 amide bonds. The first kappa shape index (κ1) is 19.2. The number of anilines is 1. The van der Waals surface area contributed by atoms with Gasteiger partial charge in [0.2, 0.25) is 15.9 Å². The van der Waals surface area contributed by atoms with Crippen molar-refractivity contribution in [2.75, 3.05) is 38.8 Å². The molecule has 0 saturated carbocycles. The zero-order chi connectivity index (χ0) is 17.5. The van der Waals surface area contributed by atoms with E-state index in [2.05, 4.69) is 10.6 Å². The summed E-state index contributed by atoms with van der Waals surface area (Å²) >= 11 is 0. The lowest BCUT2D eigenvalue weighted by Gasteiger charge is -2.19. The number of carbonyl (C=O) groups is 1. The fourth-order valence-corrected chi connectivity index (χ4v) is 2.32. The van der Waals surface area contributed by atoms with Gasteiger partial charge in [-0.1, -0.05) is 13.0 Å². The highest BCUT2D eigenvalue weighted by atomic mass is 32.2. The second-order valence-corrected chi connectivity index (χ2v) is 7.30. The van der Waals surface area contributed by atoms with Crippen molar-refractivity contribution in [2.24, 2.45) is 0 Å². The molecule has 0 heterocycles. The Balaban J connectivity index is 2.55. The van der Waals surface area contributed by atoms with Crippen LogP contribution in [0.1, 0.15) is 13.3 Å². The molecule has 0 aliphatic rings. The predicted octanol–water partition coefficient (Wildman–Crippen LogP) is 0.893. The SMILES string of the molecule is CC[C@@H](Nc1cccc(OC)c1)C(=O)NCCN(C)S(C)(=O)=O. The van der Waals surface area contributed by atoms with Gasteiger partial charge in [0, 0.05) is 31.9 Å². The monoisotopic (exact) mass is 343 g/mol. The Bertz CT molecular complexity index is 619. The van der Waals surface area contributed by atoms with Gasteiger partial charge in [0.25, 0.3) is 0 Å². The van der Waals surface area contributed by atoms with Crippen LogP contribution in [0.15, 0.2) is 24.3 Å². The summed E-state index contributed by atoms with van der Waals surface area (Å²) in [5.74, 6) is 0.539. The van der Waals surface area contributed by atoms with Crippen LogP contribution >= 0.6 is 0 Å². The van der Waals surface area contributed by atoms with E-state index in [0.717, 1.165) is 11.9 Å². The number of rotatable bonds is 9. The predicted molar refractivity (Wildman–Crippen MR) is 91.2 cm³/mol. The summed E-state index contributed by atoms with van der Waals surface area (Å²) in [7, 11) is -0.166. The molecule has 8 heteroatoms. The first-order chi connectivity index (χ1) is 10.8. The van der Waals surface area contributed by atoms with E-state index in [9.17, 15) is 13.2 Å². The molecule has 0 aliphatic heterocycles. The number of ether oxygens (including phenoxy) is 1. The molecule has 0 aromatic heterocycles. The Labute approximate surface area is 138 Å². The van der Waals surface area contributed by atoms with Gasteiger partial charge in [-0.3, -0.25) is 4.79 Å². The first-order valence-corrected chi connectivity index (χ1v) is 9.22. The third-order valence-corrected chi connectivity index (χ3v) is 4.74. The van der Waals surface area contributed by atoms with Gasteiger partial charge in [-0.2, -0.15) is 0 Å². The van der Waals surface area contributed by atoms with Crippen LogP contribution in [0, 0.1) is 0 Å². The number of benzene rings is 1. The molecule has 130 valence electrons. The fourth-order valence-electron chi connectivity index (χ4n) is 1.89. The number of methoxy groups -OCH3 is 1. The molecular weight excluding hydrogens is 318 g/mol. The molecule has 0 radical (unpaired) electrons. The van der Waals surface area contributed by atoms with Crippen LogP contribution in [0.5, 0.6) is 5.75 Å². The van der Waals surface area contributed by atoms with Crippen molar-refractivity contribution in [3.8, 4) is 5.75 Å². The Morgan fingerprint density at radius 2 is 2.09 bits per heavy atom. The van der Waals surface area contributed by atoms with Gasteiger partial charge < -0.3 is 15.4 Å². The number of carbonyl (C=O) groups excluding carboxylic acids is 1. The normalized spacial score (nSPS) is 12.7. The zero-order valence-electron chi connectivity index (χ0n) is 14.0. The Morgan fingerprint density at radius 3 is 2.65 bits per heavy atom. The molecular formula is C15H25N3O4S. The number of hydrogen-bond donors (Lipinski definition) is 2. The molecule has 1 aromatic rings. The molecule has 1 atom stereocenters. The van der Waals surface area contributed by atoms with Crippen LogP contribution < -0.4 is 15.4 Å². The second-order valence-electron chi connectivity index (χ2n) is 5.21. The number of hydrogen-bond acceptors (Lipinski definition) is 5. The minimum absolute atomic E-state index is 0.169. The molecule has 0 aliphatic carbocycles. The van der Waals surface area contributed by atoms with E-state index in [1.807, 2.05) is 31.2 Å². The summed E-state index contributed by atoms with van der Waals surface area (Å²) in [5, 5.41) is 5.89. The summed E-state index contributed by atoms with van der Waals surface area (Å²) in [6.07, 6.45) is 1.74. The molecule has 2 N–H and O–H groups in total. The molecule has 7 nitrogen and oxygen atoms in total. The smallest absolute Gasteiger partial charge is 0.242 e. The van der Waals surface area contributed by atoms with Gasteiger partial charge in [-0.15, -0.1) is 0 Å². The molecule has 0 fully saturated rings. The van der Waals surface area contributed by atoms with Crippen molar-refractivity contribution >= 4 is 21.6 Å². The van der Waals surface area contributed by atoms with Crippen molar-refractivity contribution < 1.29 is 17.9 Å². The van der Waals surface area contributed by atoms with Crippen molar-refractivity contribution in [2.45, 2.75) is 19.4 Å². The van der Waals surface area contributed by atoms with Crippen LogP contribution in [0.2, 0.25) is 0 Å². The number of amides is 1. The zero-order valence-corrected chi connectivity index (χ0v) is 14.8. The van der Waals surface area contributed by atoms with E-state index in [-0.39, 0.29) is 19.0 Å². The van der Waals surface area contributed by atoms with Crippen molar-refractivity contribution in [3.63, 3.8) is 0 Å². The largest absolute Gasteiger partial charge is 0.497 e. The van der Waals surface area contributed by atoms with E-state index in [1.165, 1.54) is 11.4 Å². The molecule has 0 saturated heterocycles. The van der Waals surface area contributed by atoms with Crippen molar-refractivity contribution in [1.29, 1.82) is 0 Å². The Hall–Kier alpha value is -1.80. The number of nitrogens with zero attached hydrogens (tertiary/aromatic N) is 1. The van der Waals surface area contributed by atoms with Crippen molar-refractivity contribution in [1.82, 2.24) is 9.62 Å². The van der Waals surface area contributed by atoms with Crippen LogP contribution in [0.4, 0.5) is 5.69 Å². The summed E-state index contributed by atoms with van der Waals surface area (Å²) in [5.41, 5.74) is 0.791. The van der Waals surface area contributed by atoms with E-state index in [0.29, 0.717) is 12.2 Å². The maximum atomic E-state index is 12.2. The van der Waals surface area contributed by atoms with Crippen LogP contribution in [-0.4, -0.2) is 58.2 Å². The number of sulfonamides is 1. The number of nitrogens with one attached hydrogen (secondary N) is 2. The lowest BCUT2D eigenvalue weighted by Crippen LogP contribution is -2.42. The van der Waals surface area contributed by atoms with Crippen LogP contribution in [0.25, 0.3) is 0 Å². The highest BCUT2D eigenvalue weighted by Gasteiger charge is 2.17. The minimum Gasteiger partial charge on any atom is -0.497 e. The van der Waals surface area contributed by atoms with Gasteiger partial charge in [-0.05, 0) is 18.6 Å². The third kappa shape index (κ3) is 6.45. The molecule has 23 heavy (non-hydrogen) atoms. The molecule has 1 aromatic carbocycles. The van der Waals surface area contributed by atoms with Gasteiger partial charge in [-0.25, -0.2) is 12.7 Å². The highest BCUT2D eigenvalue weighted by Crippen LogP contribution is 2.18. The second kappa shape index (κ2) is 8.73. The summed E-state index contributed by atoms with van der Waals surface area (Å²) in [6.45, 7) is 2.40. The Kier molecular flexibility index (Phi) is 7.31. The topological polar surface area (TPSA) is 87.7 Å². The van der Waals surface area contributed by atoms with E-state index >= 15 is 0 Å². The van der Waals surface area contributed by atoms with Gasteiger partial charge in [0.15, 0.2) is 0 Å². The third-order valence-electron chi connectivity index (χ3n) is 3.43. The average molecular weight is 343 g/mol. The van der Waals surface area contributed by atoms with Crippen LogP contribution in [-0.2, 0) is 14.8 Å². The van der Waals surface area contributed by atoms with E-state index in [4.69, 9.17) is 4.74 Å². The molecule has 1 rings (SSSR count). The average Bonchev–Trinajstić information content (AvgIpc) is 2.51. The molecule has 0 spiro atoms. The fraction of sp³-hybridized carbons (Fsp3) is 0.533. The lowest BCUT2D eigenvalue weighted by molar-refractivity contribution is -0.121. The minimum atomic E-state index is -3.23. The summed E-state index contributed by atoms with van der Waals surface area (Å²) in [6, 6.07) is 6.94. The lowest BCUT2D eigenvalue weighted by atomic mass is 10.2. The Morgan fingerprint density at radius 1 is 1.39 bits per heavy atom. The maximum Gasteiger partial charge on any atom is 0.242 e. The first-order valence-electron chi connectivity index (χ1n) is 7.37. The van der Waals surface area contributed by atoms with Gasteiger partial charge >= 0.3 is 0 Å². The van der Waals surface area contributed by atoms with Crippen LogP contribution in [0.3, 0.4) is 0 Å². The quantitative estimate of drug-likeness (QED) is 0.695. The summed E-state index contributed by atoms with van der Waals surface area (Å²) in [4.78, 5) is 12.2. The maximum absolute atomic E-state index is 12.2. The standard InChI is InChI=1S/C15H25N3O4S/c1-5-14(17-12-7-6-8-13(11-12)22-3)15(19)16-9-10-18(2)23(4,20)21/h6-8,11,14,17H,5,9-10H2,1-4H3,(H,16,19)/t14-/m1/s1. The van der Waals surface area contributed by atoms with E-state index < -0.39 is 16.1 Å². The molecule has 0 bridgehead atoms. The molecule has 0 unspecified atom stereocenters. The summed E-state index contributed by atoms with van der Waals surface area (Å²) < 4.78 is 28.9. The van der Waals surface area contributed by atoms with E-state index in [1.54, 1.807) is 7.11 Å². The highest BCUT2D eigenvalue weighted by molar-refractivity contribution is 7.88. The number of likely N-dealkylation sites (N-methyl/N-ethyl adjacent to an activating group) is 1.